The van der Waals surface area contributed by atoms with Crippen molar-refractivity contribution < 1.29 is 14.3 Å². The van der Waals surface area contributed by atoms with Crippen LogP contribution in [0.5, 0.6) is 5.75 Å². The zero-order valence-electron chi connectivity index (χ0n) is 14.6. The maximum Gasteiger partial charge on any atom is 0.412 e. The van der Waals surface area contributed by atoms with Crippen LogP contribution in [0.25, 0.3) is 0 Å². The maximum atomic E-state index is 11.9. The number of ether oxygens (including phenoxy) is 2. The Kier molecular flexibility index (Phi) is 5.19. The van der Waals surface area contributed by atoms with E-state index in [1.54, 1.807) is 7.11 Å². The number of amides is 1. The summed E-state index contributed by atoms with van der Waals surface area (Å²) in [6.07, 6.45) is 4.13. The number of hydrogen-bond donors (Lipinski definition) is 2. The Hall–Kier alpha value is -1.75. The van der Waals surface area contributed by atoms with Gasteiger partial charge in [0.25, 0.3) is 0 Å². The van der Waals surface area contributed by atoms with Crippen molar-refractivity contribution in [3.63, 3.8) is 0 Å². The van der Waals surface area contributed by atoms with Crippen LogP contribution in [0.4, 0.5) is 10.5 Å². The van der Waals surface area contributed by atoms with E-state index in [1.165, 1.54) is 18.4 Å². The van der Waals surface area contributed by atoms with Gasteiger partial charge in [0.05, 0.1) is 12.8 Å². The van der Waals surface area contributed by atoms with Gasteiger partial charge in [-0.05, 0) is 51.3 Å². The van der Waals surface area contributed by atoms with Gasteiger partial charge in [-0.25, -0.2) is 4.79 Å². The largest absolute Gasteiger partial charge is 0.495 e. The van der Waals surface area contributed by atoms with Crippen molar-refractivity contribution >= 4 is 11.8 Å². The molecule has 0 unspecified atom stereocenters. The van der Waals surface area contributed by atoms with E-state index in [1.807, 2.05) is 39.0 Å². The first-order chi connectivity index (χ1) is 10.8. The Labute approximate surface area is 138 Å². The Balaban J connectivity index is 2.21. The van der Waals surface area contributed by atoms with E-state index in [-0.39, 0.29) is 5.41 Å². The minimum absolute atomic E-state index is 0.0394. The van der Waals surface area contributed by atoms with Crippen LogP contribution >= 0.6 is 0 Å². The predicted octanol–water partition coefficient (Wildman–Crippen LogP) is 3.81. The molecule has 0 spiro atoms. The predicted molar refractivity (Wildman–Crippen MR) is 92.1 cm³/mol. The number of benzene rings is 1. The van der Waals surface area contributed by atoms with Gasteiger partial charge in [0, 0.05) is 12.0 Å². The Bertz CT molecular complexity index is 558. The lowest BCUT2D eigenvalue weighted by Crippen LogP contribution is -2.32. The summed E-state index contributed by atoms with van der Waals surface area (Å²) in [6.45, 7) is 6.13. The standard InChI is InChI=1S/C18H28N2O3/c1-17(2,3)23-16(21)20-14-8-7-13(11-15(14)22-4)18(12-19)9-5-6-10-18/h7-8,11H,5-6,9-10,12,19H2,1-4H3,(H,20,21). The fourth-order valence-corrected chi connectivity index (χ4v) is 3.20. The molecule has 0 saturated heterocycles. The molecule has 1 aliphatic carbocycles. The summed E-state index contributed by atoms with van der Waals surface area (Å²) in [4.78, 5) is 11.9. The summed E-state index contributed by atoms with van der Waals surface area (Å²) in [6, 6.07) is 5.89. The fourth-order valence-electron chi connectivity index (χ4n) is 3.20. The number of hydrogen-bond acceptors (Lipinski definition) is 4. The molecule has 0 atom stereocenters. The Morgan fingerprint density at radius 3 is 2.48 bits per heavy atom. The minimum atomic E-state index is -0.537. The van der Waals surface area contributed by atoms with Gasteiger partial charge in [0.2, 0.25) is 0 Å². The number of anilines is 1. The van der Waals surface area contributed by atoms with E-state index in [9.17, 15) is 4.79 Å². The molecule has 1 amide bonds. The molecule has 1 aliphatic rings. The van der Waals surface area contributed by atoms with Crippen molar-refractivity contribution in [1.82, 2.24) is 0 Å². The van der Waals surface area contributed by atoms with E-state index in [4.69, 9.17) is 15.2 Å². The summed E-state index contributed by atoms with van der Waals surface area (Å²) in [5, 5.41) is 2.75. The molecule has 0 aliphatic heterocycles. The van der Waals surface area contributed by atoms with E-state index < -0.39 is 11.7 Å². The van der Waals surface area contributed by atoms with Gasteiger partial charge in [-0.15, -0.1) is 0 Å². The number of rotatable bonds is 4. The molecule has 128 valence electrons. The first kappa shape index (κ1) is 17.6. The highest BCUT2D eigenvalue weighted by atomic mass is 16.6. The third kappa shape index (κ3) is 4.16. The molecule has 0 heterocycles. The zero-order chi connectivity index (χ0) is 17.1. The average Bonchev–Trinajstić information content (AvgIpc) is 2.95. The van der Waals surface area contributed by atoms with Crippen LogP contribution in [0.1, 0.15) is 52.0 Å². The number of methoxy groups -OCH3 is 1. The fraction of sp³-hybridized carbons (Fsp3) is 0.611. The SMILES string of the molecule is COc1cc(C2(CN)CCCC2)ccc1NC(=O)OC(C)(C)C. The van der Waals surface area contributed by atoms with Crippen LogP contribution in [0.15, 0.2) is 18.2 Å². The third-order valence-corrected chi connectivity index (χ3v) is 4.40. The molecule has 3 N–H and O–H groups in total. The molecule has 1 fully saturated rings. The quantitative estimate of drug-likeness (QED) is 0.884. The Morgan fingerprint density at radius 2 is 1.96 bits per heavy atom. The average molecular weight is 320 g/mol. The summed E-state index contributed by atoms with van der Waals surface area (Å²) < 4.78 is 10.7. The monoisotopic (exact) mass is 320 g/mol. The van der Waals surface area contributed by atoms with E-state index in [2.05, 4.69) is 5.32 Å². The van der Waals surface area contributed by atoms with Crippen LogP contribution in [-0.4, -0.2) is 25.3 Å². The van der Waals surface area contributed by atoms with Crippen molar-refractivity contribution in [3.8, 4) is 5.75 Å². The van der Waals surface area contributed by atoms with Gasteiger partial charge in [0.15, 0.2) is 0 Å². The molecule has 1 aromatic carbocycles. The molecule has 1 saturated carbocycles. The number of nitrogens with two attached hydrogens (primary N) is 1. The second-order valence-corrected chi connectivity index (χ2v) is 7.23. The van der Waals surface area contributed by atoms with E-state index in [0.29, 0.717) is 18.0 Å². The second-order valence-electron chi connectivity index (χ2n) is 7.23. The number of carbonyl (C=O) groups excluding carboxylic acids is 1. The summed E-state index contributed by atoms with van der Waals surface area (Å²) in [5.74, 6) is 0.632. The normalized spacial score (nSPS) is 16.9. The number of carbonyl (C=O) groups is 1. The molecule has 23 heavy (non-hydrogen) atoms. The molecule has 0 radical (unpaired) electrons. The van der Waals surface area contributed by atoms with Crippen LogP contribution in [0, 0.1) is 0 Å². The lowest BCUT2D eigenvalue weighted by molar-refractivity contribution is 0.0635. The first-order valence-electron chi connectivity index (χ1n) is 8.18. The van der Waals surface area contributed by atoms with Crippen molar-refractivity contribution in [2.75, 3.05) is 19.0 Å². The molecule has 0 aromatic heterocycles. The van der Waals surface area contributed by atoms with Gasteiger partial charge < -0.3 is 15.2 Å². The van der Waals surface area contributed by atoms with E-state index >= 15 is 0 Å². The number of nitrogens with one attached hydrogen (secondary N) is 1. The molecular weight excluding hydrogens is 292 g/mol. The van der Waals surface area contributed by atoms with Crippen LogP contribution < -0.4 is 15.8 Å². The molecule has 5 nitrogen and oxygen atoms in total. The summed E-state index contributed by atoms with van der Waals surface area (Å²) in [5.41, 5.74) is 7.34. The summed E-state index contributed by atoms with van der Waals surface area (Å²) in [7, 11) is 1.60. The topological polar surface area (TPSA) is 73.6 Å². The summed E-state index contributed by atoms with van der Waals surface area (Å²) >= 11 is 0. The third-order valence-electron chi connectivity index (χ3n) is 4.40. The van der Waals surface area contributed by atoms with Crippen molar-refractivity contribution in [3.05, 3.63) is 23.8 Å². The molecule has 2 rings (SSSR count). The van der Waals surface area contributed by atoms with Crippen LogP contribution in [0.3, 0.4) is 0 Å². The van der Waals surface area contributed by atoms with Crippen molar-refractivity contribution in [2.24, 2.45) is 5.73 Å². The van der Waals surface area contributed by atoms with Gasteiger partial charge in [-0.1, -0.05) is 18.9 Å². The van der Waals surface area contributed by atoms with Gasteiger partial charge in [-0.2, -0.15) is 0 Å². The highest BCUT2D eigenvalue weighted by Gasteiger charge is 2.34. The smallest absolute Gasteiger partial charge is 0.412 e. The highest BCUT2D eigenvalue weighted by molar-refractivity contribution is 5.87. The van der Waals surface area contributed by atoms with Crippen LogP contribution in [-0.2, 0) is 10.2 Å². The van der Waals surface area contributed by atoms with E-state index in [0.717, 1.165) is 12.8 Å². The van der Waals surface area contributed by atoms with Gasteiger partial charge in [-0.3, -0.25) is 5.32 Å². The molecular formula is C18H28N2O3. The Morgan fingerprint density at radius 1 is 1.30 bits per heavy atom. The maximum absolute atomic E-state index is 11.9. The lowest BCUT2D eigenvalue weighted by Gasteiger charge is -2.28. The van der Waals surface area contributed by atoms with Crippen molar-refractivity contribution in [1.29, 1.82) is 0 Å². The molecule has 1 aromatic rings. The second kappa shape index (κ2) is 6.79. The van der Waals surface area contributed by atoms with Crippen molar-refractivity contribution in [2.45, 2.75) is 57.5 Å². The minimum Gasteiger partial charge on any atom is -0.495 e. The van der Waals surface area contributed by atoms with Gasteiger partial charge in [0.1, 0.15) is 11.4 Å². The first-order valence-corrected chi connectivity index (χ1v) is 8.18. The molecule has 0 bridgehead atoms. The van der Waals surface area contributed by atoms with Crippen LogP contribution in [0.2, 0.25) is 0 Å². The highest BCUT2D eigenvalue weighted by Crippen LogP contribution is 2.42. The molecule has 5 heteroatoms. The van der Waals surface area contributed by atoms with Gasteiger partial charge >= 0.3 is 6.09 Å². The lowest BCUT2D eigenvalue weighted by atomic mass is 9.79. The zero-order valence-corrected chi connectivity index (χ0v) is 14.6.